The molecule has 0 unspecified atom stereocenters. The van der Waals surface area contributed by atoms with Gasteiger partial charge in [-0.15, -0.1) is 0 Å². The van der Waals surface area contributed by atoms with E-state index in [1.807, 2.05) is 121 Å². The molecule has 13 heteroatoms. The molecule has 0 amide bonds. The Morgan fingerprint density at radius 2 is 0.472 bits per heavy atom. The smallest absolute Gasteiger partial charge is 0.164 e. The average Bonchev–Trinajstić information content (AvgIpc) is 0.821. The van der Waals surface area contributed by atoms with Crippen molar-refractivity contribution < 1.29 is 0 Å². The number of aromatic nitrogens is 11. The van der Waals surface area contributed by atoms with E-state index >= 15 is 0 Å². The molecule has 0 radical (unpaired) electrons. The Balaban J connectivity index is 0.000000145. The van der Waals surface area contributed by atoms with E-state index in [4.69, 9.17) is 52.4 Å². The van der Waals surface area contributed by atoms with Gasteiger partial charge in [0.15, 0.2) is 23.3 Å². The molecule has 6 heterocycles. The predicted octanol–water partition coefficient (Wildman–Crippen LogP) is 23.8. The van der Waals surface area contributed by atoms with Crippen molar-refractivity contribution in [2.75, 3.05) is 0 Å². The van der Waals surface area contributed by atoms with Gasteiger partial charge in [0, 0.05) is 88.0 Å². The summed E-state index contributed by atoms with van der Waals surface area (Å²) in [6, 6.07) is 119. The van der Waals surface area contributed by atoms with Crippen molar-refractivity contribution in [1.29, 1.82) is 0 Å². The minimum Gasteiger partial charge on any atom is -0.247 e. The number of fused-ring (bicyclic) bond motifs is 10. The molecule has 0 aliphatic heterocycles. The lowest BCUT2D eigenvalue weighted by Gasteiger charge is -2.14. The first-order valence-electron chi connectivity index (χ1n) is 34.9. The van der Waals surface area contributed by atoms with Crippen molar-refractivity contribution in [3.8, 4) is 135 Å². The summed E-state index contributed by atoms with van der Waals surface area (Å²) < 4.78 is 19.3. The molecule has 0 N–H and O–H groups in total. The second kappa shape index (κ2) is 27.5. The zero-order valence-electron chi connectivity index (χ0n) is 56.6. The molecule has 496 valence electrons. The molecular weight excluding hydrogens is 1340 g/mol. The molecule has 20 aromatic rings. The van der Waals surface area contributed by atoms with Crippen LogP contribution in [0.4, 0.5) is 0 Å². The zero-order chi connectivity index (χ0) is 70.3. The van der Waals surface area contributed by atoms with Crippen molar-refractivity contribution >= 4 is 88.9 Å². The summed E-state index contributed by atoms with van der Waals surface area (Å²) in [4.78, 5) is 35.2. The first-order chi connectivity index (χ1) is 52.5. The summed E-state index contributed by atoms with van der Waals surface area (Å²) in [5.41, 5.74) is 25.7. The standard InChI is InChI=1S/C47H29N5S.C46H28N6S/c1-4-13-31(14-5-1)38-28-39-43(46-45(38)51-53-52-46)37-21-10-11-22-40(37)48-44(39)36-20-12-19-35(27-36)30-23-25-33(26-24-30)42-29-41(32-15-6-2-7-16-32)49-47(50-42)34-17-8-3-9-18-34;1-4-13-30(14-5-1)37-28-38-40(43-42(37)51-53-52-43)36-21-10-11-22-39(36)47-41(38)35-20-12-19-34(27-35)29-23-25-33(26-24-29)46-49-44(31-15-6-2-7-16-31)48-45(50-46)32-17-8-3-9-18-32/h1-29H;1-28H. The van der Waals surface area contributed by atoms with Crippen molar-refractivity contribution in [3.05, 3.63) is 346 Å². The highest BCUT2D eigenvalue weighted by Gasteiger charge is 2.23. The third-order valence-corrected chi connectivity index (χ3v) is 20.4. The van der Waals surface area contributed by atoms with Crippen molar-refractivity contribution in [2.45, 2.75) is 0 Å². The van der Waals surface area contributed by atoms with Crippen LogP contribution < -0.4 is 0 Å². The molecule has 0 atom stereocenters. The zero-order valence-corrected chi connectivity index (χ0v) is 58.3. The first-order valence-corrected chi connectivity index (χ1v) is 36.4. The van der Waals surface area contributed by atoms with Crippen LogP contribution in [0.2, 0.25) is 0 Å². The van der Waals surface area contributed by atoms with Gasteiger partial charge in [-0.1, -0.05) is 303 Å². The van der Waals surface area contributed by atoms with Gasteiger partial charge in [-0.25, -0.2) is 34.9 Å². The summed E-state index contributed by atoms with van der Waals surface area (Å²) >= 11 is 2.51. The maximum atomic E-state index is 5.30. The number of rotatable bonds is 12. The van der Waals surface area contributed by atoms with E-state index < -0.39 is 0 Å². The van der Waals surface area contributed by atoms with E-state index in [0.29, 0.717) is 23.3 Å². The highest BCUT2D eigenvalue weighted by molar-refractivity contribution is 7.00. The highest BCUT2D eigenvalue weighted by Crippen LogP contribution is 2.45. The molecule has 0 aliphatic carbocycles. The second-order valence-corrected chi connectivity index (χ2v) is 26.9. The lowest BCUT2D eigenvalue weighted by atomic mass is 9.93. The van der Waals surface area contributed by atoms with Gasteiger partial charge in [0.1, 0.15) is 22.1 Å². The van der Waals surface area contributed by atoms with Crippen LogP contribution in [0.3, 0.4) is 0 Å². The van der Waals surface area contributed by atoms with Crippen LogP contribution in [0.1, 0.15) is 0 Å². The van der Waals surface area contributed by atoms with Gasteiger partial charge in [-0.2, -0.15) is 17.5 Å². The van der Waals surface area contributed by atoms with Gasteiger partial charge in [-0.3, -0.25) is 0 Å². The fraction of sp³-hybridized carbons (Fsp3) is 0. The number of hydrogen-bond donors (Lipinski definition) is 0. The van der Waals surface area contributed by atoms with Gasteiger partial charge < -0.3 is 0 Å². The molecule has 106 heavy (non-hydrogen) atoms. The SMILES string of the molecule is c1ccc(-c2cc(-c3ccc(-c4cccc(-c5nc6ccccc6c6c5cc(-c5ccccc5)c5nsnc56)c4)cc3)nc(-c3ccccc3)n2)cc1.c1ccc(-c2nc(-c3ccccc3)nc(-c3ccc(-c4cccc(-c5nc6ccccc6c6c5cc(-c5ccccc5)c5nsnc56)c4)cc3)n2)cc1. The molecule has 14 aromatic carbocycles. The Morgan fingerprint density at radius 3 is 0.877 bits per heavy atom. The van der Waals surface area contributed by atoms with Crippen LogP contribution in [-0.2, 0) is 0 Å². The highest BCUT2D eigenvalue weighted by atomic mass is 32.1. The maximum Gasteiger partial charge on any atom is 0.164 e. The van der Waals surface area contributed by atoms with Crippen LogP contribution in [0.25, 0.3) is 201 Å². The minimum atomic E-state index is 0.627. The van der Waals surface area contributed by atoms with Crippen LogP contribution in [0.15, 0.2) is 346 Å². The third kappa shape index (κ3) is 12.0. The number of pyridine rings is 2. The lowest BCUT2D eigenvalue weighted by molar-refractivity contribution is 1.07. The summed E-state index contributed by atoms with van der Waals surface area (Å²) in [5, 5.41) is 6.41. The van der Waals surface area contributed by atoms with E-state index in [2.05, 4.69) is 224 Å². The Hall–Kier alpha value is -13.9. The van der Waals surface area contributed by atoms with E-state index in [1.165, 1.54) is 23.5 Å². The van der Waals surface area contributed by atoms with E-state index in [0.717, 1.165) is 177 Å². The first kappa shape index (κ1) is 63.1. The molecule has 0 saturated heterocycles. The molecule has 0 bridgehead atoms. The Labute approximate surface area is 618 Å². The van der Waals surface area contributed by atoms with Crippen LogP contribution >= 0.6 is 23.5 Å². The van der Waals surface area contributed by atoms with Gasteiger partial charge in [0.25, 0.3) is 0 Å². The molecule has 0 spiro atoms. The third-order valence-electron chi connectivity index (χ3n) is 19.4. The molecular formula is C93H57N11S2. The summed E-state index contributed by atoms with van der Waals surface area (Å²) in [6.45, 7) is 0. The minimum absolute atomic E-state index is 0.627. The summed E-state index contributed by atoms with van der Waals surface area (Å²) in [5.74, 6) is 2.61. The van der Waals surface area contributed by atoms with Gasteiger partial charge in [0.2, 0.25) is 0 Å². The number of benzene rings is 14. The molecule has 0 fully saturated rings. The maximum absolute atomic E-state index is 5.30. The number of nitrogens with zero attached hydrogens (tertiary/aromatic N) is 11. The second-order valence-electron chi connectivity index (χ2n) is 25.9. The Morgan fingerprint density at radius 1 is 0.179 bits per heavy atom. The van der Waals surface area contributed by atoms with Gasteiger partial charge in [0.05, 0.1) is 57.3 Å². The largest absolute Gasteiger partial charge is 0.247 e. The monoisotopic (exact) mass is 1390 g/mol. The van der Waals surface area contributed by atoms with Gasteiger partial charge >= 0.3 is 0 Å². The van der Waals surface area contributed by atoms with Crippen molar-refractivity contribution in [2.24, 2.45) is 0 Å². The van der Waals surface area contributed by atoms with Crippen molar-refractivity contribution in [3.63, 3.8) is 0 Å². The number of para-hydroxylation sites is 2. The topological polar surface area (TPSA) is 142 Å². The van der Waals surface area contributed by atoms with Gasteiger partial charge in [-0.05, 0) is 75.8 Å². The fourth-order valence-corrected chi connectivity index (χ4v) is 15.3. The molecule has 6 aromatic heterocycles. The fourth-order valence-electron chi connectivity index (χ4n) is 14.2. The summed E-state index contributed by atoms with van der Waals surface area (Å²) in [7, 11) is 0. The number of hydrogen-bond acceptors (Lipinski definition) is 13. The Bertz CT molecular complexity index is 6140. The average molecular weight is 1390 g/mol. The van der Waals surface area contributed by atoms with Crippen LogP contribution in [-0.4, -0.2) is 52.4 Å². The Kier molecular flexibility index (Phi) is 16.4. The van der Waals surface area contributed by atoms with E-state index in [1.54, 1.807) is 0 Å². The molecule has 0 saturated carbocycles. The van der Waals surface area contributed by atoms with Crippen LogP contribution in [0.5, 0.6) is 0 Å². The normalized spacial score (nSPS) is 11.4. The quantitative estimate of drug-likeness (QED) is 0.108. The van der Waals surface area contributed by atoms with Crippen molar-refractivity contribution in [1.82, 2.24) is 52.4 Å². The molecule has 20 rings (SSSR count). The van der Waals surface area contributed by atoms with E-state index in [-0.39, 0.29) is 0 Å². The van der Waals surface area contributed by atoms with E-state index in [9.17, 15) is 0 Å². The van der Waals surface area contributed by atoms with Crippen LogP contribution in [0, 0.1) is 0 Å². The molecule has 11 nitrogen and oxygen atoms in total. The summed E-state index contributed by atoms with van der Waals surface area (Å²) in [6.07, 6.45) is 0. The molecule has 0 aliphatic rings. The predicted molar refractivity (Wildman–Crippen MR) is 435 cm³/mol. The lowest BCUT2D eigenvalue weighted by Crippen LogP contribution is -2.00.